The fourth-order valence-electron chi connectivity index (χ4n) is 5.26. The van der Waals surface area contributed by atoms with Gasteiger partial charge in [-0.25, -0.2) is 0 Å². The first-order valence-electron chi connectivity index (χ1n) is 12.1. The molecule has 36 heavy (non-hydrogen) atoms. The van der Waals surface area contributed by atoms with Crippen molar-refractivity contribution in [3.63, 3.8) is 0 Å². The Bertz CT molecular complexity index is 1330. The molecule has 0 radical (unpaired) electrons. The van der Waals surface area contributed by atoms with Gasteiger partial charge in [0, 0.05) is 45.6 Å². The van der Waals surface area contributed by atoms with Crippen LogP contribution in [0.3, 0.4) is 0 Å². The van der Waals surface area contributed by atoms with Crippen molar-refractivity contribution in [1.29, 1.82) is 0 Å². The van der Waals surface area contributed by atoms with Gasteiger partial charge in [-0.05, 0) is 107 Å². The molecule has 184 valence electrons. The van der Waals surface area contributed by atoms with Gasteiger partial charge in [0.1, 0.15) is 5.75 Å². The second-order valence-corrected chi connectivity index (χ2v) is 11.0. The van der Waals surface area contributed by atoms with E-state index in [0.29, 0.717) is 13.4 Å². The van der Waals surface area contributed by atoms with E-state index in [2.05, 4.69) is 44.3 Å². The van der Waals surface area contributed by atoms with Crippen molar-refractivity contribution in [2.24, 2.45) is 0 Å². The maximum atomic E-state index is 6.38. The van der Waals surface area contributed by atoms with Crippen LogP contribution in [0, 0.1) is 0 Å². The Morgan fingerprint density at radius 3 is 2.69 bits per heavy atom. The third-order valence-corrected chi connectivity index (χ3v) is 8.07. The molecule has 8 heteroatoms. The SMILES string of the molecule is S=C(Nc1ccc2c(c1)COCO2)N1CCC(=C2c3ccc(Cl)cc3CCc3cc(Br)cnc32)CC1. The minimum atomic E-state index is 0.304. The van der Waals surface area contributed by atoms with E-state index >= 15 is 0 Å². The van der Waals surface area contributed by atoms with Crippen LogP contribution in [0.15, 0.2) is 58.7 Å². The van der Waals surface area contributed by atoms with Crippen molar-refractivity contribution in [1.82, 2.24) is 9.88 Å². The third kappa shape index (κ3) is 4.77. The molecule has 2 aromatic carbocycles. The minimum absolute atomic E-state index is 0.304. The van der Waals surface area contributed by atoms with Gasteiger partial charge in [0.05, 0.1) is 12.3 Å². The number of pyridine rings is 1. The molecule has 0 bridgehead atoms. The summed E-state index contributed by atoms with van der Waals surface area (Å²) < 4.78 is 11.9. The zero-order valence-corrected chi connectivity index (χ0v) is 22.8. The van der Waals surface area contributed by atoms with Crippen LogP contribution in [0.1, 0.15) is 40.8 Å². The Morgan fingerprint density at radius 1 is 1.00 bits per heavy atom. The Kier molecular flexibility index (Phi) is 6.73. The van der Waals surface area contributed by atoms with Crippen LogP contribution < -0.4 is 10.1 Å². The van der Waals surface area contributed by atoms with E-state index < -0.39 is 0 Å². The van der Waals surface area contributed by atoms with Crippen LogP contribution in [0.2, 0.25) is 5.02 Å². The standard InChI is InChI=1S/C28H25BrClN3O2S/c29-21-11-19-2-1-18-12-22(30)3-5-24(18)26(27(19)31-14-21)17-7-9-33(10-8-17)28(36)32-23-4-6-25-20(13-23)15-34-16-35-25/h3-6,11-14H,1-2,7-10,15-16H2,(H,32,36). The molecular weight excluding hydrogens is 558 g/mol. The lowest BCUT2D eigenvalue weighted by molar-refractivity contribution is -0.0163. The lowest BCUT2D eigenvalue weighted by Crippen LogP contribution is -2.39. The molecule has 3 aromatic rings. The van der Waals surface area contributed by atoms with E-state index in [0.717, 1.165) is 76.1 Å². The number of halogens is 2. The average molecular weight is 583 g/mol. The first-order chi connectivity index (χ1) is 17.5. The molecule has 0 spiro atoms. The molecule has 1 aromatic heterocycles. The molecule has 1 N–H and O–H groups in total. The number of anilines is 1. The molecule has 0 amide bonds. The van der Waals surface area contributed by atoms with Gasteiger partial charge in [-0.3, -0.25) is 4.98 Å². The van der Waals surface area contributed by atoms with Crippen molar-refractivity contribution in [3.8, 4) is 5.75 Å². The van der Waals surface area contributed by atoms with Gasteiger partial charge < -0.3 is 19.7 Å². The summed E-state index contributed by atoms with van der Waals surface area (Å²) in [5.74, 6) is 0.873. The molecule has 1 saturated heterocycles. The molecule has 1 fully saturated rings. The third-order valence-electron chi connectivity index (χ3n) is 7.05. The number of likely N-dealkylation sites (tertiary alicyclic amines) is 1. The number of aryl methyl sites for hydroxylation is 2. The van der Waals surface area contributed by atoms with Gasteiger partial charge in [0.15, 0.2) is 11.9 Å². The zero-order chi connectivity index (χ0) is 24.6. The first kappa shape index (κ1) is 23.9. The van der Waals surface area contributed by atoms with Crippen molar-refractivity contribution in [2.75, 3.05) is 25.2 Å². The summed E-state index contributed by atoms with van der Waals surface area (Å²) in [5.41, 5.74) is 9.62. The van der Waals surface area contributed by atoms with E-state index in [1.54, 1.807) is 0 Å². The molecule has 1 aliphatic carbocycles. The number of ether oxygens (including phenoxy) is 2. The molecule has 3 aliphatic rings. The van der Waals surface area contributed by atoms with Crippen molar-refractivity contribution in [3.05, 3.63) is 91.7 Å². The number of nitrogens with one attached hydrogen (secondary N) is 1. The Hall–Kier alpha value is -2.45. The van der Waals surface area contributed by atoms with Gasteiger partial charge in [-0.15, -0.1) is 0 Å². The van der Waals surface area contributed by atoms with Crippen LogP contribution in [-0.4, -0.2) is 34.9 Å². The molecule has 3 heterocycles. The number of hydrogen-bond acceptors (Lipinski definition) is 4. The average Bonchev–Trinajstić information content (AvgIpc) is 3.05. The molecule has 0 unspecified atom stereocenters. The largest absolute Gasteiger partial charge is 0.467 e. The van der Waals surface area contributed by atoms with E-state index in [4.69, 9.17) is 38.3 Å². The topological polar surface area (TPSA) is 46.6 Å². The van der Waals surface area contributed by atoms with Gasteiger partial charge >= 0.3 is 0 Å². The van der Waals surface area contributed by atoms with Crippen LogP contribution in [-0.2, 0) is 24.2 Å². The maximum absolute atomic E-state index is 6.38. The minimum Gasteiger partial charge on any atom is -0.467 e. The highest BCUT2D eigenvalue weighted by molar-refractivity contribution is 9.10. The fraction of sp³-hybridized carbons (Fsp3) is 0.286. The number of thiocarbonyl (C=S) groups is 1. The van der Waals surface area contributed by atoms with Gasteiger partial charge in [-0.1, -0.05) is 23.2 Å². The second kappa shape index (κ2) is 10.1. The quantitative estimate of drug-likeness (QED) is 0.320. The summed E-state index contributed by atoms with van der Waals surface area (Å²) >= 11 is 15.8. The predicted molar refractivity (Wildman–Crippen MR) is 151 cm³/mol. The number of piperidine rings is 1. The zero-order valence-electron chi connectivity index (χ0n) is 19.7. The van der Waals surface area contributed by atoms with E-state index in [9.17, 15) is 0 Å². The predicted octanol–water partition coefficient (Wildman–Crippen LogP) is 6.76. The summed E-state index contributed by atoms with van der Waals surface area (Å²) in [4.78, 5) is 7.14. The van der Waals surface area contributed by atoms with Crippen LogP contribution in [0.4, 0.5) is 5.69 Å². The van der Waals surface area contributed by atoms with E-state index in [1.807, 2.05) is 30.5 Å². The molecule has 2 aliphatic heterocycles. The van der Waals surface area contributed by atoms with Crippen LogP contribution >= 0.6 is 39.7 Å². The maximum Gasteiger partial charge on any atom is 0.189 e. The van der Waals surface area contributed by atoms with E-state index in [1.165, 1.54) is 27.8 Å². The van der Waals surface area contributed by atoms with E-state index in [-0.39, 0.29) is 0 Å². The molecular formula is C28H25BrClN3O2S. The summed E-state index contributed by atoms with van der Waals surface area (Å²) in [6.07, 6.45) is 5.67. The number of benzene rings is 2. The molecule has 0 atom stereocenters. The Morgan fingerprint density at radius 2 is 1.83 bits per heavy atom. The number of nitrogens with zero attached hydrogens (tertiary/aromatic N) is 2. The summed E-state index contributed by atoms with van der Waals surface area (Å²) in [6.45, 7) is 2.57. The van der Waals surface area contributed by atoms with Gasteiger partial charge in [0.2, 0.25) is 0 Å². The lowest BCUT2D eigenvalue weighted by Gasteiger charge is -2.32. The summed E-state index contributed by atoms with van der Waals surface area (Å²) in [6, 6.07) is 14.5. The number of rotatable bonds is 1. The monoisotopic (exact) mass is 581 g/mol. The smallest absolute Gasteiger partial charge is 0.189 e. The van der Waals surface area contributed by atoms with Crippen molar-refractivity contribution < 1.29 is 9.47 Å². The van der Waals surface area contributed by atoms with Crippen molar-refractivity contribution in [2.45, 2.75) is 32.3 Å². The normalized spacial score (nSPS) is 16.9. The number of aromatic nitrogens is 1. The number of fused-ring (bicyclic) bond motifs is 3. The van der Waals surface area contributed by atoms with Crippen molar-refractivity contribution >= 4 is 56.1 Å². The fourth-order valence-corrected chi connectivity index (χ4v) is 6.14. The van der Waals surface area contributed by atoms with Gasteiger partial charge in [0.25, 0.3) is 0 Å². The van der Waals surface area contributed by atoms with Gasteiger partial charge in [-0.2, -0.15) is 0 Å². The second-order valence-electron chi connectivity index (χ2n) is 9.29. The van der Waals surface area contributed by atoms with Crippen LogP contribution in [0.25, 0.3) is 5.57 Å². The van der Waals surface area contributed by atoms with Crippen LogP contribution in [0.5, 0.6) is 5.75 Å². The molecule has 0 saturated carbocycles. The highest BCUT2D eigenvalue weighted by atomic mass is 79.9. The number of hydrogen-bond donors (Lipinski definition) is 1. The highest BCUT2D eigenvalue weighted by Gasteiger charge is 2.26. The Balaban J connectivity index is 1.25. The highest BCUT2D eigenvalue weighted by Crippen LogP contribution is 2.39. The lowest BCUT2D eigenvalue weighted by atomic mass is 9.88. The summed E-state index contributed by atoms with van der Waals surface area (Å²) in [5, 5.41) is 4.93. The first-order valence-corrected chi connectivity index (χ1v) is 13.7. The Labute approximate surface area is 229 Å². The summed E-state index contributed by atoms with van der Waals surface area (Å²) in [7, 11) is 0. The molecule has 6 rings (SSSR count). The molecule has 5 nitrogen and oxygen atoms in total.